The van der Waals surface area contributed by atoms with Crippen LogP contribution in [0.4, 0.5) is 24.7 Å². The molecule has 0 saturated heterocycles. The Morgan fingerprint density at radius 2 is 1.83 bits per heavy atom. The number of hydrogen-bond acceptors (Lipinski definition) is 5. The molecule has 160 valence electrons. The van der Waals surface area contributed by atoms with Crippen LogP contribution in [-0.4, -0.2) is 35.6 Å². The van der Waals surface area contributed by atoms with Crippen LogP contribution in [0.25, 0.3) is 0 Å². The molecule has 1 aromatic heterocycles. The van der Waals surface area contributed by atoms with E-state index in [4.69, 9.17) is 4.74 Å². The summed E-state index contributed by atoms with van der Waals surface area (Å²) in [4.78, 5) is 23.1. The second-order valence-corrected chi connectivity index (χ2v) is 8.12. The average Bonchev–Trinajstić information content (AvgIpc) is 2.66. The van der Waals surface area contributed by atoms with Crippen molar-refractivity contribution in [2.75, 3.05) is 23.9 Å². The Bertz CT molecular complexity index is 995. The summed E-state index contributed by atoms with van der Waals surface area (Å²) in [5.41, 5.74) is 1.38. The maximum atomic E-state index is 13.6. The van der Waals surface area contributed by atoms with Crippen LogP contribution in [0.15, 0.2) is 12.1 Å². The van der Waals surface area contributed by atoms with Crippen LogP contribution in [0.3, 0.4) is 0 Å². The molecule has 1 fully saturated rings. The Kier molecular flexibility index (Phi) is 5.29. The average molecular weight is 420 g/mol. The first kappa shape index (κ1) is 20.4. The minimum atomic E-state index is -1.23. The number of amides is 1. The molecular formula is C21H23F3N4O2. The molecule has 0 spiro atoms. The van der Waals surface area contributed by atoms with Gasteiger partial charge < -0.3 is 15.0 Å². The number of nitrogens with zero attached hydrogens (tertiary/aromatic N) is 3. The second-order valence-electron chi connectivity index (χ2n) is 8.12. The quantitative estimate of drug-likeness (QED) is 0.749. The fourth-order valence-corrected chi connectivity index (χ4v) is 3.95. The van der Waals surface area contributed by atoms with Crippen molar-refractivity contribution in [1.29, 1.82) is 0 Å². The molecule has 1 saturated carbocycles. The van der Waals surface area contributed by atoms with Crippen molar-refractivity contribution in [3.05, 3.63) is 41.1 Å². The van der Waals surface area contributed by atoms with Crippen LogP contribution in [-0.2, 0) is 11.2 Å². The molecule has 0 radical (unpaired) electrons. The van der Waals surface area contributed by atoms with Gasteiger partial charge in [-0.3, -0.25) is 4.79 Å². The van der Waals surface area contributed by atoms with Crippen molar-refractivity contribution < 1.29 is 22.7 Å². The largest absolute Gasteiger partial charge is 0.490 e. The van der Waals surface area contributed by atoms with E-state index < -0.39 is 17.5 Å². The first-order valence-electron chi connectivity index (χ1n) is 9.91. The molecule has 30 heavy (non-hydrogen) atoms. The van der Waals surface area contributed by atoms with Gasteiger partial charge in [0.25, 0.3) is 0 Å². The zero-order valence-electron chi connectivity index (χ0n) is 17.0. The number of nitrogens with one attached hydrogen (secondary N) is 1. The number of ether oxygens (including phenoxy) is 1. The van der Waals surface area contributed by atoms with E-state index in [-0.39, 0.29) is 30.2 Å². The Balaban J connectivity index is 1.34. The van der Waals surface area contributed by atoms with Crippen molar-refractivity contribution in [2.45, 2.75) is 39.2 Å². The Morgan fingerprint density at radius 1 is 1.13 bits per heavy atom. The zero-order valence-corrected chi connectivity index (χ0v) is 17.0. The summed E-state index contributed by atoms with van der Waals surface area (Å²) in [7, 11) is 1.84. The molecule has 1 aliphatic heterocycles. The van der Waals surface area contributed by atoms with E-state index in [0.29, 0.717) is 24.1 Å². The summed E-state index contributed by atoms with van der Waals surface area (Å²) < 4.78 is 45.2. The van der Waals surface area contributed by atoms with Crippen molar-refractivity contribution in [1.82, 2.24) is 9.97 Å². The van der Waals surface area contributed by atoms with Gasteiger partial charge in [-0.15, -0.1) is 0 Å². The number of hydrogen-bond donors (Lipinski definition) is 1. The summed E-state index contributed by atoms with van der Waals surface area (Å²) in [5.74, 6) is -1.61. The van der Waals surface area contributed by atoms with Gasteiger partial charge in [-0.25, -0.2) is 23.1 Å². The lowest BCUT2D eigenvalue weighted by molar-refractivity contribution is -0.117. The zero-order chi connectivity index (χ0) is 21.6. The van der Waals surface area contributed by atoms with Gasteiger partial charge in [0.1, 0.15) is 17.6 Å². The molecule has 1 amide bonds. The number of likely N-dealkylation sites (N-methyl/N-ethyl adjacent to an activating group) is 1. The van der Waals surface area contributed by atoms with Gasteiger partial charge in [-0.2, -0.15) is 0 Å². The predicted octanol–water partition coefficient (Wildman–Crippen LogP) is 3.63. The van der Waals surface area contributed by atoms with Crippen LogP contribution in [0.5, 0.6) is 5.75 Å². The maximum Gasteiger partial charge on any atom is 0.246 e. The van der Waals surface area contributed by atoms with Crippen molar-refractivity contribution >= 4 is 17.4 Å². The monoisotopic (exact) mass is 420 g/mol. The molecule has 9 heteroatoms. The van der Waals surface area contributed by atoms with Gasteiger partial charge in [0.2, 0.25) is 5.91 Å². The van der Waals surface area contributed by atoms with E-state index in [2.05, 4.69) is 15.3 Å². The number of carbonyl (C=O) groups excluding carboxylic acids is 1. The second kappa shape index (κ2) is 7.77. The highest BCUT2D eigenvalue weighted by Gasteiger charge is 2.33. The number of benzene rings is 1. The van der Waals surface area contributed by atoms with Gasteiger partial charge >= 0.3 is 0 Å². The molecule has 2 aliphatic rings. The number of fused-ring (bicyclic) bond motifs is 1. The van der Waals surface area contributed by atoms with E-state index in [9.17, 15) is 18.0 Å². The molecule has 6 nitrogen and oxygen atoms in total. The van der Waals surface area contributed by atoms with E-state index >= 15 is 0 Å². The van der Waals surface area contributed by atoms with Gasteiger partial charge in [0.05, 0.1) is 12.3 Å². The summed E-state index contributed by atoms with van der Waals surface area (Å²) in [6.45, 7) is 3.92. The highest BCUT2D eigenvalue weighted by Crippen LogP contribution is 2.38. The molecule has 0 unspecified atom stereocenters. The van der Waals surface area contributed by atoms with Crippen LogP contribution >= 0.6 is 0 Å². The molecule has 1 atom stereocenters. The number of halogens is 3. The Morgan fingerprint density at radius 3 is 2.57 bits per heavy atom. The number of anilines is 2. The van der Waals surface area contributed by atoms with Crippen LogP contribution in [0.2, 0.25) is 0 Å². The first-order valence-corrected chi connectivity index (χ1v) is 9.91. The van der Waals surface area contributed by atoms with Crippen LogP contribution < -0.4 is 15.0 Å². The standard InChI is InChI=1S/C21H23F3N4O2/c1-10-19-20(28(3)11(2)21(29)27-19)26-18(25-10)6-12-4-13(5-12)9-30-17-8-15(23)14(22)7-16(17)24/h7-8,11-13H,4-6,9H2,1-3H3,(H,27,29)/t11-,12?,13?/m0/s1. The minimum absolute atomic E-state index is 0.0799. The lowest BCUT2D eigenvalue weighted by atomic mass is 9.73. The molecule has 0 bridgehead atoms. The molecular weight excluding hydrogens is 397 g/mol. The lowest BCUT2D eigenvalue weighted by Gasteiger charge is -2.36. The number of carbonyl (C=O) groups is 1. The summed E-state index contributed by atoms with van der Waals surface area (Å²) in [6, 6.07) is 0.923. The van der Waals surface area contributed by atoms with E-state index in [1.54, 1.807) is 0 Å². The molecule has 2 heterocycles. The normalized spacial score (nSPS) is 22.9. The van der Waals surface area contributed by atoms with Gasteiger partial charge in [0.15, 0.2) is 29.0 Å². The third-order valence-corrected chi connectivity index (χ3v) is 5.91. The van der Waals surface area contributed by atoms with E-state index in [1.165, 1.54) is 0 Å². The summed E-state index contributed by atoms with van der Waals surface area (Å²) in [6.07, 6.45) is 2.40. The molecule has 4 rings (SSSR count). The Hall–Kier alpha value is -2.84. The number of rotatable bonds is 5. The van der Waals surface area contributed by atoms with Gasteiger partial charge in [-0.05, 0) is 38.5 Å². The van der Waals surface area contributed by atoms with Crippen molar-refractivity contribution in [3.63, 3.8) is 0 Å². The maximum absolute atomic E-state index is 13.6. The first-order chi connectivity index (χ1) is 14.2. The fourth-order valence-electron chi connectivity index (χ4n) is 3.95. The van der Waals surface area contributed by atoms with Gasteiger partial charge in [-0.1, -0.05) is 0 Å². The SMILES string of the molecule is Cc1nc(CC2CC(COc3cc(F)c(F)cc3F)C2)nc2c1NC(=O)[C@H](C)N2C. The molecule has 2 aromatic rings. The van der Waals surface area contributed by atoms with E-state index in [0.717, 1.165) is 36.2 Å². The smallest absolute Gasteiger partial charge is 0.246 e. The minimum Gasteiger partial charge on any atom is -0.490 e. The fraction of sp³-hybridized carbons (Fsp3) is 0.476. The highest BCUT2D eigenvalue weighted by molar-refractivity contribution is 6.02. The van der Waals surface area contributed by atoms with Crippen LogP contribution in [0, 0.1) is 36.2 Å². The molecule has 1 N–H and O–H groups in total. The van der Waals surface area contributed by atoms with Crippen molar-refractivity contribution in [3.8, 4) is 5.75 Å². The van der Waals surface area contributed by atoms with E-state index in [1.807, 2.05) is 25.8 Å². The predicted molar refractivity (Wildman–Crippen MR) is 105 cm³/mol. The molecule has 1 aromatic carbocycles. The third-order valence-electron chi connectivity index (χ3n) is 5.91. The summed E-state index contributed by atoms with van der Waals surface area (Å²) in [5, 5.41) is 2.87. The van der Waals surface area contributed by atoms with Gasteiger partial charge in [0, 0.05) is 25.6 Å². The third kappa shape index (κ3) is 3.80. The highest BCUT2D eigenvalue weighted by atomic mass is 19.2. The Labute approximate surface area is 172 Å². The van der Waals surface area contributed by atoms with Crippen molar-refractivity contribution in [2.24, 2.45) is 11.8 Å². The summed E-state index contributed by atoms with van der Waals surface area (Å²) >= 11 is 0. The lowest BCUT2D eigenvalue weighted by Crippen LogP contribution is -2.45. The topological polar surface area (TPSA) is 67.4 Å². The molecule has 1 aliphatic carbocycles. The number of aromatic nitrogens is 2. The van der Waals surface area contributed by atoms with Crippen LogP contribution in [0.1, 0.15) is 31.3 Å². The number of aryl methyl sites for hydroxylation is 1.